The van der Waals surface area contributed by atoms with Gasteiger partial charge in [-0.15, -0.1) is 0 Å². The molecule has 3 rings (SSSR count). The third kappa shape index (κ3) is 3.13. The van der Waals surface area contributed by atoms with E-state index in [0.29, 0.717) is 36.8 Å². The zero-order valence-electron chi connectivity index (χ0n) is 12.2. The van der Waals surface area contributed by atoms with Gasteiger partial charge < -0.3 is 20.5 Å². The van der Waals surface area contributed by atoms with Gasteiger partial charge in [-0.25, -0.2) is 0 Å². The number of fused-ring (bicyclic) bond motifs is 1. The van der Waals surface area contributed by atoms with Crippen LogP contribution in [-0.4, -0.2) is 31.2 Å². The molecule has 21 heavy (non-hydrogen) atoms. The van der Waals surface area contributed by atoms with Gasteiger partial charge in [0, 0.05) is 12.1 Å². The molecule has 1 aliphatic heterocycles. The molecule has 0 aromatic heterocycles. The van der Waals surface area contributed by atoms with Crippen molar-refractivity contribution < 1.29 is 14.3 Å². The summed E-state index contributed by atoms with van der Waals surface area (Å²) in [7, 11) is 0. The van der Waals surface area contributed by atoms with Crippen molar-refractivity contribution in [2.45, 2.75) is 37.6 Å². The summed E-state index contributed by atoms with van der Waals surface area (Å²) >= 11 is 0. The van der Waals surface area contributed by atoms with E-state index in [-0.39, 0.29) is 11.4 Å². The van der Waals surface area contributed by atoms with Gasteiger partial charge in [0.05, 0.1) is 5.56 Å². The smallest absolute Gasteiger partial charge is 0.255 e. The minimum absolute atomic E-state index is 0.146. The van der Waals surface area contributed by atoms with Crippen LogP contribution in [0, 0.1) is 0 Å². The number of para-hydroxylation sites is 1. The van der Waals surface area contributed by atoms with Crippen molar-refractivity contribution in [3.8, 4) is 11.5 Å². The number of ether oxygens (including phenoxy) is 2. The number of nitrogens with one attached hydrogen (secondary N) is 1. The molecule has 0 radical (unpaired) electrons. The van der Waals surface area contributed by atoms with Gasteiger partial charge in [0.25, 0.3) is 5.91 Å². The summed E-state index contributed by atoms with van der Waals surface area (Å²) in [5.41, 5.74) is 6.61. The van der Waals surface area contributed by atoms with Crippen LogP contribution in [0.3, 0.4) is 0 Å². The molecular weight excluding hydrogens is 268 g/mol. The molecule has 1 aliphatic carbocycles. The lowest BCUT2D eigenvalue weighted by atomic mass is 9.82. The molecule has 1 heterocycles. The number of benzene rings is 1. The Balaban J connectivity index is 1.68. The Kier molecular flexibility index (Phi) is 4.01. The lowest BCUT2D eigenvalue weighted by Gasteiger charge is -2.33. The zero-order chi connectivity index (χ0) is 14.7. The monoisotopic (exact) mass is 290 g/mol. The number of nitrogens with two attached hydrogens (primary N) is 1. The Morgan fingerprint density at radius 2 is 1.95 bits per heavy atom. The van der Waals surface area contributed by atoms with E-state index in [1.54, 1.807) is 12.1 Å². The van der Waals surface area contributed by atoms with Gasteiger partial charge in [0.1, 0.15) is 13.2 Å². The maximum absolute atomic E-state index is 12.4. The van der Waals surface area contributed by atoms with Crippen LogP contribution in [0.2, 0.25) is 0 Å². The first-order valence-corrected chi connectivity index (χ1v) is 7.64. The number of hydrogen-bond acceptors (Lipinski definition) is 4. The van der Waals surface area contributed by atoms with Gasteiger partial charge in [0.2, 0.25) is 0 Å². The Labute approximate surface area is 124 Å². The van der Waals surface area contributed by atoms with E-state index in [0.717, 1.165) is 25.7 Å². The van der Waals surface area contributed by atoms with Crippen LogP contribution in [0.15, 0.2) is 18.2 Å². The first-order valence-electron chi connectivity index (χ1n) is 7.64. The minimum atomic E-state index is -0.264. The second-order valence-electron chi connectivity index (χ2n) is 5.94. The number of carbonyl (C=O) groups is 1. The van der Waals surface area contributed by atoms with E-state index >= 15 is 0 Å². The molecule has 0 spiro atoms. The molecule has 2 aliphatic rings. The Morgan fingerprint density at radius 3 is 2.76 bits per heavy atom. The molecule has 0 bridgehead atoms. The van der Waals surface area contributed by atoms with Crippen molar-refractivity contribution in [1.29, 1.82) is 0 Å². The quantitative estimate of drug-likeness (QED) is 0.891. The highest BCUT2D eigenvalue weighted by molar-refractivity contribution is 5.97. The minimum Gasteiger partial charge on any atom is -0.486 e. The first-order chi connectivity index (χ1) is 10.2. The predicted octanol–water partition coefficient (Wildman–Crippen LogP) is 1.85. The SMILES string of the molecule is NC1(CNC(=O)c2cccc3c2OCCO3)CCCCC1. The highest BCUT2D eigenvalue weighted by Gasteiger charge is 2.28. The second-order valence-corrected chi connectivity index (χ2v) is 5.94. The lowest BCUT2D eigenvalue weighted by molar-refractivity contribution is 0.0926. The molecule has 0 unspecified atom stereocenters. The Hall–Kier alpha value is -1.75. The number of hydrogen-bond donors (Lipinski definition) is 2. The lowest BCUT2D eigenvalue weighted by Crippen LogP contribution is -2.51. The molecule has 1 fully saturated rings. The van der Waals surface area contributed by atoms with Crippen LogP contribution in [0.4, 0.5) is 0 Å². The van der Waals surface area contributed by atoms with Gasteiger partial charge >= 0.3 is 0 Å². The fraction of sp³-hybridized carbons (Fsp3) is 0.562. The summed E-state index contributed by atoms with van der Waals surface area (Å²) in [5.74, 6) is 1.03. The summed E-state index contributed by atoms with van der Waals surface area (Å²) in [6.07, 6.45) is 5.47. The van der Waals surface area contributed by atoms with Crippen molar-refractivity contribution >= 4 is 5.91 Å². The van der Waals surface area contributed by atoms with Gasteiger partial charge in [-0.1, -0.05) is 25.3 Å². The predicted molar refractivity (Wildman–Crippen MR) is 79.8 cm³/mol. The van der Waals surface area contributed by atoms with Gasteiger partial charge in [-0.3, -0.25) is 4.79 Å². The van der Waals surface area contributed by atoms with Crippen molar-refractivity contribution in [3.63, 3.8) is 0 Å². The van der Waals surface area contributed by atoms with Gasteiger partial charge in [0.15, 0.2) is 11.5 Å². The number of rotatable bonds is 3. The van der Waals surface area contributed by atoms with Crippen LogP contribution >= 0.6 is 0 Å². The standard InChI is InChI=1S/C16H22N2O3/c17-16(7-2-1-3-8-16)11-18-15(19)12-5-4-6-13-14(12)21-10-9-20-13/h4-6H,1-3,7-11,17H2,(H,18,19). The van der Waals surface area contributed by atoms with Crippen LogP contribution < -0.4 is 20.5 Å². The van der Waals surface area contributed by atoms with E-state index in [9.17, 15) is 4.79 Å². The molecule has 0 saturated heterocycles. The molecular formula is C16H22N2O3. The van der Waals surface area contributed by atoms with Crippen LogP contribution in [-0.2, 0) is 0 Å². The van der Waals surface area contributed by atoms with E-state index in [4.69, 9.17) is 15.2 Å². The molecule has 0 atom stereocenters. The highest BCUT2D eigenvalue weighted by atomic mass is 16.6. The second kappa shape index (κ2) is 5.93. The van der Waals surface area contributed by atoms with Gasteiger partial charge in [-0.2, -0.15) is 0 Å². The average Bonchev–Trinajstić information content (AvgIpc) is 2.53. The van der Waals surface area contributed by atoms with Crippen LogP contribution in [0.25, 0.3) is 0 Å². The van der Waals surface area contributed by atoms with Crippen molar-refractivity contribution in [1.82, 2.24) is 5.32 Å². The van der Waals surface area contributed by atoms with E-state index in [2.05, 4.69) is 5.32 Å². The summed E-state index contributed by atoms with van der Waals surface area (Å²) in [6.45, 7) is 1.50. The van der Waals surface area contributed by atoms with Crippen molar-refractivity contribution in [2.24, 2.45) is 5.73 Å². The van der Waals surface area contributed by atoms with Crippen LogP contribution in [0.5, 0.6) is 11.5 Å². The summed E-state index contributed by atoms with van der Waals surface area (Å²) in [6, 6.07) is 5.38. The summed E-state index contributed by atoms with van der Waals surface area (Å²) in [5, 5.41) is 2.96. The maximum Gasteiger partial charge on any atom is 0.255 e. The largest absolute Gasteiger partial charge is 0.486 e. The first kappa shape index (κ1) is 14.2. The Morgan fingerprint density at radius 1 is 1.19 bits per heavy atom. The average molecular weight is 290 g/mol. The Bertz CT molecular complexity index is 524. The number of amides is 1. The van der Waals surface area contributed by atoms with E-state index in [1.165, 1.54) is 6.42 Å². The molecule has 1 amide bonds. The number of carbonyl (C=O) groups excluding carboxylic acids is 1. The van der Waals surface area contributed by atoms with E-state index in [1.807, 2.05) is 6.07 Å². The van der Waals surface area contributed by atoms with Gasteiger partial charge in [-0.05, 0) is 25.0 Å². The normalized spacial score (nSPS) is 19.9. The van der Waals surface area contributed by atoms with E-state index < -0.39 is 0 Å². The highest BCUT2D eigenvalue weighted by Crippen LogP contribution is 2.33. The molecule has 5 heteroatoms. The molecule has 1 aromatic rings. The summed E-state index contributed by atoms with van der Waals surface area (Å²) < 4.78 is 11.1. The summed E-state index contributed by atoms with van der Waals surface area (Å²) in [4.78, 5) is 12.4. The molecule has 1 aromatic carbocycles. The molecule has 3 N–H and O–H groups in total. The fourth-order valence-corrected chi connectivity index (χ4v) is 3.04. The zero-order valence-corrected chi connectivity index (χ0v) is 12.2. The van der Waals surface area contributed by atoms with Crippen LogP contribution in [0.1, 0.15) is 42.5 Å². The molecule has 1 saturated carbocycles. The topological polar surface area (TPSA) is 73.6 Å². The van der Waals surface area contributed by atoms with Crippen molar-refractivity contribution in [3.05, 3.63) is 23.8 Å². The van der Waals surface area contributed by atoms with Crippen molar-refractivity contribution in [2.75, 3.05) is 19.8 Å². The third-order valence-corrected chi connectivity index (χ3v) is 4.26. The molecule has 5 nitrogen and oxygen atoms in total. The molecule has 114 valence electrons. The maximum atomic E-state index is 12.4. The fourth-order valence-electron chi connectivity index (χ4n) is 3.04. The third-order valence-electron chi connectivity index (χ3n) is 4.26.